The average Bonchev–Trinajstić information content (AvgIpc) is 3.31. The van der Waals surface area contributed by atoms with Gasteiger partial charge in [0.25, 0.3) is 0 Å². The van der Waals surface area contributed by atoms with Gasteiger partial charge in [-0.15, -0.1) is 0 Å². The lowest BCUT2D eigenvalue weighted by atomic mass is 10.1. The number of hydrogen-bond acceptors (Lipinski definition) is 6. The lowest BCUT2D eigenvalue weighted by Crippen LogP contribution is -2.30. The molecule has 0 heterocycles. The van der Waals surface area contributed by atoms with Gasteiger partial charge in [-0.25, -0.2) is 0 Å². The Balaban J connectivity index is 4.49. The molecule has 0 spiro atoms. The second kappa shape index (κ2) is 53.7. The molecule has 0 aromatic heterocycles. The lowest BCUT2D eigenvalue weighted by molar-refractivity contribution is -0.167. The van der Waals surface area contributed by atoms with Gasteiger partial charge in [-0.05, 0) is 109 Å². The molecule has 0 radical (unpaired) electrons. The molecule has 0 aromatic rings. The Hall–Kier alpha value is -3.93. The third-order valence-electron chi connectivity index (χ3n) is 11.1. The van der Waals surface area contributed by atoms with Crippen LogP contribution >= 0.6 is 0 Å². The number of carbonyl (C=O) groups excluding carboxylic acids is 3. The lowest BCUT2D eigenvalue weighted by Gasteiger charge is -2.18. The largest absolute Gasteiger partial charge is 0.462 e. The summed E-state index contributed by atoms with van der Waals surface area (Å²) < 4.78 is 16.8. The molecule has 0 aromatic carbocycles. The van der Waals surface area contributed by atoms with Crippen LogP contribution in [0.5, 0.6) is 0 Å². The minimum Gasteiger partial charge on any atom is -0.462 e. The summed E-state index contributed by atoms with van der Waals surface area (Å²) in [7, 11) is 0. The zero-order valence-electron chi connectivity index (χ0n) is 42.7. The molecule has 1 atom stereocenters. The van der Waals surface area contributed by atoms with Crippen LogP contribution in [0.1, 0.15) is 233 Å². The molecule has 374 valence electrons. The van der Waals surface area contributed by atoms with E-state index in [0.29, 0.717) is 19.3 Å². The smallest absolute Gasteiger partial charge is 0.306 e. The third kappa shape index (κ3) is 51.1. The Morgan fingerprint density at radius 2 is 0.667 bits per heavy atom. The molecule has 0 bridgehead atoms. The predicted octanol–water partition coefficient (Wildman–Crippen LogP) is 17.9. The third-order valence-corrected chi connectivity index (χ3v) is 11.1. The van der Waals surface area contributed by atoms with Crippen molar-refractivity contribution in [1.82, 2.24) is 0 Å². The van der Waals surface area contributed by atoms with Gasteiger partial charge >= 0.3 is 17.9 Å². The molecule has 0 saturated carbocycles. The first-order valence-electron chi connectivity index (χ1n) is 26.9. The topological polar surface area (TPSA) is 78.9 Å². The molecule has 0 saturated heterocycles. The summed E-state index contributed by atoms with van der Waals surface area (Å²) in [6.07, 6.45) is 72.2. The van der Waals surface area contributed by atoms with Crippen molar-refractivity contribution in [3.8, 4) is 0 Å². The Morgan fingerprint density at radius 1 is 0.333 bits per heavy atom. The van der Waals surface area contributed by atoms with E-state index < -0.39 is 6.10 Å². The highest BCUT2D eigenvalue weighted by Crippen LogP contribution is 2.13. The van der Waals surface area contributed by atoms with Gasteiger partial charge in [0, 0.05) is 19.3 Å². The van der Waals surface area contributed by atoms with Crippen LogP contribution < -0.4 is 0 Å². The van der Waals surface area contributed by atoms with Crippen molar-refractivity contribution in [3.05, 3.63) is 109 Å². The summed E-state index contributed by atoms with van der Waals surface area (Å²) in [6, 6.07) is 0. The molecule has 1 unspecified atom stereocenters. The van der Waals surface area contributed by atoms with Crippen molar-refractivity contribution in [2.75, 3.05) is 13.2 Å². The van der Waals surface area contributed by atoms with E-state index in [4.69, 9.17) is 14.2 Å². The van der Waals surface area contributed by atoms with E-state index in [0.717, 1.165) is 135 Å². The van der Waals surface area contributed by atoms with E-state index in [1.54, 1.807) is 0 Å². The average molecular weight is 915 g/mol. The SMILES string of the molecule is CC/C=C/C=C/C=C/CCCCCCCC(=O)OCC(COC(=O)CCCCC/C=C/C/C=C/C/C=C/C/C=C/C/C=C/CC)OC(=O)CCCCCCC/C=C/CCCCCCCCC. The number of ether oxygens (including phenoxy) is 3. The highest BCUT2D eigenvalue weighted by Gasteiger charge is 2.19. The summed E-state index contributed by atoms with van der Waals surface area (Å²) in [5.41, 5.74) is 0. The second-order valence-electron chi connectivity index (χ2n) is 17.4. The van der Waals surface area contributed by atoms with Crippen molar-refractivity contribution >= 4 is 17.9 Å². The van der Waals surface area contributed by atoms with Crippen molar-refractivity contribution in [2.45, 2.75) is 239 Å². The van der Waals surface area contributed by atoms with Gasteiger partial charge in [0.2, 0.25) is 0 Å². The van der Waals surface area contributed by atoms with Crippen LogP contribution in [0.4, 0.5) is 0 Å². The van der Waals surface area contributed by atoms with Gasteiger partial charge in [-0.1, -0.05) is 214 Å². The molecule has 0 amide bonds. The molecule has 0 rings (SSSR count). The first kappa shape index (κ1) is 62.1. The number of unbranched alkanes of at least 4 members (excludes halogenated alkanes) is 20. The highest BCUT2D eigenvalue weighted by molar-refractivity contribution is 5.71. The molecule has 0 aliphatic rings. The molecule has 0 aliphatic heterocycles. The summed E-state index contributed by atoms with van der Waals surface area (Å²) in [6.45, 7) is 6.33. The minimum absolute atomic E-state index is 0.105. The summed E-state index contributed by atoms with van der Waals surface area (Å²) in [5.74, 6) is -0.968. The second-order valence-corrected chi connectivity index (χ2v) is 17.4. The maximum Gasteiger partial charge on any atom is 0.306 e. The van der Waals surface area contributed by atoms with Crippen LogP contribution in [0, 0.1) is 0 Å². The van der Waals surface area contributed by atoms with E-state index in [9.17, 15) is 14.4 Å². The van der Waals surface area contributed by atoms with Gasteiger partial charge in [-0.3, -0.25) is 14.4 Å². The van der Waals surface area contributed by atoms with E-state index in [-0.39, 0.29) is 31.1 Å². The molecular formula is C60H98O6. The molecular weight excluding hydrogens is 817 g/mol. The van der Waals surface area contributed by atoms with E-state index in [1.165, 1.54) is 57.8 Å². The van der Waals surface area contributed by atoms with Crippen LogP contribution in [0.25, 0.3) is 0 Å². The van der Waals surface area contributed by atoms with Crippen LogP contribution in [-0.4, -0.2) is 37.2 Å². The Labute approximate surface area is 406 Å². The fraction of sp³-hybridized carbons (Fsp3) is 0.650. The molecule has 0 N–H and O–H groups in total. The fourth-order valence-corrected chi connectivity index (χ4v) is 7.05. The van der Waals surface area contributed by atoms with Gasteiger partial charge in [0.15, 0.2) is 6.10 Å². The number of rotatable bonds is 47. The number of esters is 3. The summed E-state index contributed by atoms with van der Waals surface area (Å²) >= 11 is 0. The normalized spacial score (nSPS) is 13.0. The molecule has 66 heavy (non-hydrogen) atoms. The van der Waals surface area contributed by atoms with E-state index in [1.807, 2.05) is 0 Å². The van der Waals surface area contributed by atoms with Crippen molar-refractivity contribution in [1.29, 1.82) is 0 Å². The number of hydrogen-bond donors (Lipinski definition) is 0. The van der Waals surface area contributed by atoms with Gasteiger partial charge < -0.3 is 14.2 Å². The number of carbonyl (C=O) groups is 3. The van der Waals surface area contributed by atoms with Crippen molar-refractivity contribution < 1.29 is 28.6 Å². The first-order chi connectivity index (χ1) is 32.5. The first-order valence-corrected chi connectivity index (χ1v) is 26.9. The Morgan fingerprint density at radius 3 is 1.12 bits per heavy atom. The Bertz CT molecular complexity index is 1370. The standard InChI is InChI=1S/C60H98O6/c1-4-7-10-13-16-19-22-25-27-29-30-31-33-35-38-41-44-47-50-53-59(62)65-56-57(55-64-58(61)52-49-46-43-40-37-34-24-21-18-15-12-9-6-3)66-60(63)54-51-48-45-42-39-36-32-28-26-23-20-17-14-11-8-5-2/h7,9-10,12,15-16,18-19,21,24-25,27-28,30-32,35,38,57H,4-6,8,11,13-14,17,20,22-23,26,29,33-34,36-37,39-56H2,1-3H3/b10-7+,12-9+,18-15+,19-16+,24-21+,27-25+,31-30+,32-28+,38-35+. The Kier molecular flexibility index (Phi) is 50.5. The van der Waals surface area contributed by atoms with Crippen LogP contribution in [0.15, 0.2) is 109 Å². The minimum atomic E-state index is -0.806. The molecule has 0 aliphatic carbocycles. The van der Waals surface area contributed by atoms with E-state index in [2.05, 4.69) is 130 Å². The van der Waals surface area contributed by atoms with E-state index >= 15 is 0 Å². The van der Waals surface area contributed by atoms with Crippen LogP contribution in [0.2, 0.25) is 0 Å². The monoisotopic (exact) mass is 915 g/mol. The van der Waals surface area contributed by atoms with Crippen molar-refractivity contribution in [3.63, 3.8) is 0 Å². The molecule has 6 nitrogen and oxygen atoms in total. The summed E-state index contributed by atoms with van der Waals surface area (Å²) in [4.78, 5) is 38.0. The zero-order chi connectivity index (χ0) is 47.9. The number of allylic oxidation sites excluding steroid dienone is 18. The van der Waals surface area contributed by atoms with Crippen LogP contribution in [0.3, 0.4) is 0 Å². The van der Waals surface area contributed by atoms with Crippen LogP contribution in [-0.2, 0) is 28.6 Å². The molecule has 6 heteroatoms. The van der Waals surface area contributed by atoms with Gasteiger partial charge in [0.05, 0.1) is 0 Å². The summed E-state index contributed by atoms with van der Waals surface area (Å²) in [5, 5.41) is 0. The van der Waals surface area contributed by atoms with Gasteiger partial charge in [0.1, 0.15) is 13.2 Å². The quantitative estimate of drug-likeness (QED) is 0.0199. The maximum absolute atomic E-state index is 12.8. The molecule has 0 fully saturated rings. The predicted molar refractivity (Wildman–Crippen MR) is 283 cm³/mol. The fourth-order valence-electron chi connectivity index (χ4n) is 7.05. The highest BCUT2D eigenvalue weighted by atomic mass is 16.6. The van der Waals surface area contributed by atoms with Crippen molar-refractivity contribution in [2.24, 2.45) is 0 Å². The zero-order valence-corrected chi connectivity index (χ0v) is 42.7. The maximum atomic E-state index is 12.8. The van der Waals surface area contributed by atoms with Gasteiger partial charge in [-0.2, -0.15) is 0 Å².